The van der Waals surface area contributed by atoms with Gasteiger partial charge in [-0.2, -0.15) is 5.26 Å². The first kappa shape index (κ1) is 8.92. The van der Waals surface area contributed by atoms with E-state index in [1.165, 1.54) is 12.1 Å². The van der Waals surface area contributed by atoms with Crippen molar-refractivity contribution in [1.29, 1.82) is 5.26 Å². The van der Waals surface area contributed by atoms with Gasteiger partial charge < -0.3 is 9.42 Å². The molecule has 0 saturated heterocycles. The average molecular weight is 185 g/mol. The van der Waals surface area contributed by atoms with Gasteiger partial charge in [0.15, 0.2) is 0 Å². The van der Waals surface area contributed by atoms with E-state index in [-0.39, 0.29) is 11.3 Å². The van der Waals surface area contributed by atoms with Crippen LogP contribution in [-0.4, -0.2) is 4.89 Å². The Morgan fingerprint density at radius 1 is 1.58 bits per heavy atom. The Bertz CT molecular complexity index is 324. The first-order valence-corrected chi connectivity index (χ1v) is 3.89. The van der Waals surface area contributed by atoms with Crippen LogP contribution in [0.1, 0.15) is 5.56 Å². The molecule has 3 nitrogen and oxygen atoms in total. The highest BCUT2D eigenvalue weighted by Crippen LogP contribution is 2.20. The van der Waals surface area contributed by atoms with Gasteiger partial charge in [-0.05, 0) is 12.1 Å². The summed E-state index contributed by atoms with van der Waals surface area (Å²) in [6.07, 6.45) is 0. The number of rotatable bonds is 2. The maximum Gasteiger partial charge on any atom is 0.212 e. The second-order valence-electron chi connectivity index (χ2n) is 1.95. The first-order chi connectivity index (χ1) is 5.77. The molecular weight excluding hydrogens is 180 g/mol. The van der Waals surface area contributed by atoms with Crippen LogP contribution in [0.15, 0.2) is 18.2 Å². The summed E-state index contributed by atoms with van der Waals surface area (Å²) >= 11 is 0. The highest BCUT2D eigenvalue weighted by atomic mass is 31.1. The minimum absolute atomic E-state index is 0.0383. The maximum atomic E-state index is 12.8. The Kier molecular flexibility index (Phi) is 2.98. The third-order valence-corrected chi connectivity index (χ3v) is 1.55. The Hall–Kier alpha value is -1.17. The summed E-state index contributed by atoms with van der Waals surface area (Å²) < 4.78 is 17.4. The van der Waals surface area contributed by atoms with Crippen LogP contribution in [0.5, 0.6) is 5.75 Å². The molecule has 0 aliphatic rings. The molecule has 12 heavy (non-hydrogen) atoms. The quantitative estimate of drug-likeness (QED) is 0.711. The van der Waals surface area contributed by atoms with E-state index in [2.05, 4.69) is 4.52 Å². The predicted octanol–water partition coefficient (Wildman–Crippen LogP) is 1.58. The van der Waals surface area contributed by atoms with Crippen molar-refractivity contribution in [3.8, 4) is 11.8 Å². The molecule has 0 heterocycles. The van der Waals surface area contributed by atoms with Crippen molar-refractivity contribution in [2.75, 3.05) is 0 Å². The second kappa shape index (κ2) is 4.01. The highest BCUT2D eigenvalue weighted by Gasteiger charge is 2.02. The van der Waals surface area contributed by atoms with Crippen molar-refractivity contribution in [1.82, 2.24) is 0 Å². The monoisotopic (exact) mass is 185 g/mol. The molecule has 1 aromatic carbocycles. The van der Waals surface area contributed by atoms with Crippen LogP contribution in [0, 0.1) is 17.1 Å². The Morgan fingerprint density at radius 3 is 2.83 bits per heavy atom. The van der Waals surface area contributed by atoms with Crippen molar-refractivity contribution in [3.05, 3.63) is 29.6 Å². The topological polar surface area (TPSA) is 53.2 Å². The molecule has 0 spiro atoms. The van der Waals surface area contributed by atoms with Crippen molar-refractivity contribution < 1.29 is 13.8 Å². The van der Waals surface area contributed by atoms with Crippen LogP contribution in [0.25, 0.3) is 0 Å². The van der Waals surface area contributed by atoms with Gasteiger partial charge in [0.1, 0.15) is 17.6 Å². The fraction of sp³-hybridized carbons (Fsp3) is 0. The fourth-order valence-corrected chi connectivity index (χ4v) is 0.935. The zero-order valence-corrected chi connectivity index (χ0v) is 6.91. The van der Waals surface area contributed by atoms with Crippen LogP contribution in [0.2, 0.25) is 0 Å². The standard InChI is InChI=1S/C7H5FNO2P/c8-7-3-6(11-12-10)2-1-5(7)4-9/h1-3,10,12H. The summed E-state index contributed by atoms with van der Waals surface area (Å²) in [6.45, 7) is 0. The van der Waals surface area contributed by atoms with Crippen LogP contribution < -0.4 is 4.52 Å². The van der Waals surface area contributed by atoms with Gasteiger partial charge in [0.25, 0.3) is 0 Å². The maximum absolute atomic E-state index is 12.8. The van der Waals surface area contributed by atoms with E-state index in [0.717, 1.165) is 6.07 Å². The molecule has 0 aromatic heterocycles. The number of nitriles is 1. The van der Waals surface area contributed by atoms with Crippen molar-refractivity contribution >= 4 is 9.03 Å². The Labute approximate surface area is 70.4 Å². The molecule has 0 aliphatic heterocycles. The van der Waals surface area contributed by atoms with E-state index in [0.29, 0.717) is 0 Å². The fourth-order valence-electron chi connectivity index (χ4n) is 0.703. The van der Waals surface area contributed by atoms with E-state index in [1.54, 1.807) is 6.07 Å². The summed E-state index contributed by atoms with van der Waals surface area (Å²) in [5.41, 5.74) is -0.0383. The largest absolute Gasteiger partial charge is 0.450 e. The molecule has 1 aromatic rings. The lowest BCUT2D eigenvalue weighted by atomic mass is 10.2. The minimum atomic E-state index is -0.721. The van der Waals surface area contributed by atoms with E-state index >= 15 is 0 Å². The zero-order chi connectivity index (χ0) is 8.97. The van der Waals surface area contributed by atoms with Gasteiger partial charge in [0.05, 0.1) is 5.56 Å². The van der Waals surface area contributed by atoms with E-state index in [9.17, 15) is 4.39 Å². The lowest BCUT2D eigenvalue weighted by molar-refractivity contribution is 0.509. The van der Waals surface area contributed by atoms with Gasteiger partial charge in [0, 0.05) is 6.07 Å². The number of nitrogens with zero attached hydrogens (tertiary/aromatic N) is 1. The third kappa shape index (κ3) is 1.91. The number of hydrogen-bond donors (Lipinski definition) is 1. The number of halogens is 1. The first-order valence-electron chi connectivity index (χ1n) is 3.03. The van der Waals surface area contributed by atoms with Crippen molar-refractivity contribution in [3.63, 3.8) is 0 Å². The molecule has 0 bridgehead atoms. The molecule has 0 saturated carbocycles. The van der Waals surface area contributed by atoms with E-state index < -0.39 is 14.9 Å². The Morgan fingerprint density at radius 2 is 2.33 bits per heavy atom. The minimum Gasteiger partial charge on any atom is -0.450 e. The summed E-state index contributed by atoms with van der Waals surface area (Å²) in [5, 5.41) is 8.36. The van der Waals surface area contributed by atoms with Crippen LogP contribution in [0.4, 0.5) is 4.39 Å². The molecule has 0 fully saturated rings. The van der Waals surface area contributed by atoms with Gasteiger partial charge in [-0.1, -0.05) is 0 Å². The lowest BCUT2D eigenvalue weighted by Gasteiger charge is -2.00. The van der Waals surface area contributed by atoms with Crippen LogP contribution in [-0.2, 0) is 0 Å². The Balaban J connectivity index is 2.96. The second-order valence-corrected chi connectivity index (χ2v) is 2.33. The lowest BCUT2D eigenvalue weighted by Crippen LogP contribution is -1.84. The molecule has 1 unspecified atom stereocenters. The summed E-state index contributed by atoms with van der Waals surface area (Å²) in [6, 6.07) is 5.45. The van der Waals surface area contributed by atoms with Gasteiger partial charge in [0.2, 0.25) is 9.03 Å². The normalized spacial score (nSPS) is 10.1. The number of benzene rings is 1. The summed E-state index contributed by atoms with van der Waals surface area (Å²) in [5.74, 6) is -0.430. The van der Waals surface area contributed by atoms with Gasteiger partial charge in [-0.15, -0.1) is 0 Å². The van der Waals surface area contributed by atoms with E-state index in [1.807, 2.05) is 0 Å². The van der Waals surface area contributed by atoms with Gasteiger partial charge in [-0.25, -0.2) is 4.39 Å². The molecule has 1 N–H and O–H groups in total. The van der Waals surface area contributed by atoms with Crippen molar-refractivity contribution in [2.45, 2.75) is 0 Å². The predicted molar refractivity (Wildman–Crippen MR) is 42.3 cm³/mol. The SMILES string of the molecule is N#Cc1ccc(OPO)cc1F. The molecule has 0 amide bonds. The van der Waals surface area contributed by atoms with Gasteiger partial charge >= 0.3 is 0 Å². The molecule has 5 heteroatoms. The molecule has 0 aliphatic carbocycles. The summed E-state index contributed by atoms with van der Waals surface area (Å²) in [7, 11) is -0.721. The number of hydrogen-bond acceptors (Lipinski definition) is 3. The zero-order valence-electron chi connectivity index (χ0n) is 5.91. The van der Waals surface area contributed by atoms with E-state index in [4.69, 9.17) is 10.2 Å². The average Bonchev–Trinajstić information content (AvgIpc) is 2.05. The molecule has 0 radical (unpaired) electrons. The molecule has 1 atom stereocenters. The van der Waals surface area contributed by atoms with Crippen molar-refractivity contribution in [2.24, 2.45) is 0 Å². The molecule has 1 rings (SSSR count). The third-order valence-electron chi connectivity index (χ3n) is 1.22. The molecule has 62 valence electrons. The van der Waals surface area contributed by atoms with Gasteiger partial charge in [-0.3, -0.25) is 0 Å². The highest BCUT2D eigenvalue weighted by molar-refractivity contribution is 7.25. The van der Waals surface area contributed by atoms with Crippen LogP contribution >= 0.6 is 9.03 Å². The van der Waals surface area contributed by atoms with Crippen LogP contribution in [0.3, 0.4) is 0 Å². The summed E-state index contributed by atoms with van der Waals surface area (Å²) in [4.78, 5) is 8.36. The molecular formula is C7H5FNO2P. The smallest absolute Gasteiger partial charge is 0.212 e.